The number of hydrogen-bond donors (Lipinski definition) is 1. The SMILES string of the molecule is CNC1CC(C)CC(C)C1CN1CCSCC1S(C)(=O)=O. The van der Waals surface area contributed by atoms with Crippen molar-refractivity contribution in [3.8, 4) is 0 Å². The van der Waals surface area contributed by atoms with Crippen LogP contribution in [0.15, 0.2) is 0 Å². The van der Waals surface area contributed by atoms with Gasteiger partial charge in [0.05, 0.1) is 0 Å². The average molecular weight is 335 g/mol. The Kier molecular flexibility index (Phi) is 6.02. The standard InChI is InChI=1S/C15H30N2O2S2/c1-11-7-12(2)13(14(8-11)16-3)9-17-5-6-20-10-15(17)21(4,18)19/h11-16H,5-10H2,1-4H3. The summed E-state index contributed by atoms with van der Waals surface area (Å²) in [5.74, 6) is 3.74. The normalized spacial score (nSPS) is 39.3. The van der Waals surface area contributed by atoms with E-state index >= 15 is 0 Å². The van der Waals surface area contributed by atoms with Gasteiger partial charge in [-0.25, -0.2) is 8.42 Å². The minimum atomic E-state index is -2.99. The van der Waals surface area contributed by atoms with Gasteiger partial charge >= 0.3 is 0 Å². The summed E-state index contributed by atoms with van der Waals surface area (Å²) in [4.78, 5) is 2.23. The molecule has 124 valence electrons. The summed E-state index contributed by atoms with van der Waals surface area (Å²) in [6.07, 6.45) is 3.85. The molecule has 2 fully saturated rings. The van der Waals surface area contributed by atoms with Crippen LogP contribution < -0.4 is 5.32 Å². The smallest absolute Gasteiger partial charge is 0.164 e. The van der Waals surface area contributed by atoms with Crippen LogP contribution in [0.3, 0.4) is 0 Å². The minimum Gasteiger partial charge on any atom is -0.317 e. The summed E-state index contributed by atoms with van der Waals surface area (Å²) >= 11 is 1.77. The zero-order valence-corrected chi connectivity index (χ0v) is 15.3. The highest BCUT2D eigenvalue weighted by molar-refractivity contribution is 8.00. The average Bonchev–Trinajstić information content (AvgIpc) is 2.41. The van der Waals surface area contributed by atoms with Gasteiger partial charge in [0.1, 0.15) is 5.37 Å². The third kappa shape index (κ3) is 4.36. The molecule has 6 heteroatoms. The van der Waals surface area contributed by atoms with Crippen molar-refractivity contribution in [2.24, 2.45) is 17.8 Å². The van der Waals surface area contributed by atoms with Crippen LogP contribution in [0, 0.1) is 17.8 Å². The molecule has 0 amide bonds. The minimum absolute atomic E-state index is 0.291. The Balaban J connectivity index is 2.10. The Hall–Kier alpha value is 0.220. The van der Waals surface area contributed by atoms with Crippen molar-refractivity contribution in [1.82, 2.24) is 10.2 Å². The molecule has 2 aliphatic rings. The Labute approximate surface area is 134 Å². The van der Waals surface area contributed by atoms with E-state index in [1.807, 2.05) is 7.05 Å². The molecule has 1 heterocycles. The van der Waals surface area contributed by atoms with Crippen LogP contribution in [-0.2, 0) is 9.84 Å². The number of nitrogens with one attached hydrogen (secondary N) is 1. The van der Waals surface area contributed by atoms with E-state index in [0.717, 1.165) is 30.5 Å². The monoisotopic (exact) mass is 334 g/mol. The van der Waals surface area contributed by atoms with E-state index in [4.69, 9.17) is 0 Å². The van der Waals surface area contributed by atoms with E-state index < -0.39 is 9.84 Å². The second kappa shape index (κ2) is 7.20. The molecule has 1 aliphatic carbocycles. The molecule has 5 unspecified atom stereocenters. The Bertz CT molecular complexity index is 441. The lowest BCUT2D eigenvalue weighted by Gasteiger charge is -2.44. The van der Waals surface area contributed by atoms with Crippen molar-refractivity contribution in [2.45, 2.75) is 38.1 Å². The number of thioether (sulfide) groups is 1. The molecular weight excluding hydrogens is 304 g/mol. The third-order valence-electron chi connectivity index (χ3n) is 5.18. The van der Waals surface area contributed by atoms with Gasteiger partial charge in [-0.3, -0.25) is 4.90 Å². The van der Waals surface area contributed by atoms with Crippen LogP contribution >= 0.6 is 11.8 Å². The summed E-state index contributed by atoms with van der Waals surface area (Å²) in [6.45, 7) is 6.47. The van der Waals surface area contributed by atoms with Gasteiger partial charge in [0, 0.05) is 36.9 Å². The van der Waals surface area contributed by atoms with Gasteiger partial charge < -0.3 is 5.32 Å². The number of rotatable bonds is 4. The van der Waals surface area contributed by atoms with E-state index in [1.54, 1.807) is 11.8 Å². The van der Waals surface area contributed by atoms with E-state index in [2.05, 4.69) is 24.1 Å². The molecule has 0 bridgehead atoms. The third-order valence-corrected chi connectivity index (χ3v) is 7.87. The molecule has 21 heavy (non-hydrogen) atoms. The molecule has 1 aliphatic heterocycles. The number of sulfone groups is 1. The van der Waals surface area contributed by atoms with Crippen LogP contribution in [-0.4, -0.2) is 62.6 Å². The van der Waals surface area contributed by atoms with Gasteiger partial charge in [-0.1, -0.05) is 13.8 Å². The van der Waals surface area contributed by atoms with Crippen LogP contribution in [0.25, 0.3) is 0 Å². The summed E-state index contributed by atoms with van der Waals surface area (Å²) < 4.78 is 24.1. The molecule has 0 spiro atoms. The van der Waals surface area contributed by atoms with Crippen molar-refractivity contribution in [3.63, 3.8) is 0 Å². The van der Waals surface area contributed by atoms with E-state index in [0.29, 0.717) is 17.9 Å². The highest BCUT2D eigenvalue weighted by atomic mass is 32.2. The second-order valence-corrected chi connectivity index (χ2v) is 10.3. The Morgan fingerprint density at radius 3 is 2.62 bits per heavy atom. The summed E-state index contributed by atoms with van der Waals surface area (Å²) in [7, 11) is -0.949. The lowest BCUT2D eigenvalue weighted by Crippen LogP contribution is -2.53. The topological polar surface area (TPSA) is 49.4 Å². The predicted octanol–water partition coefficient (Wildman–Crippen LogP) is 1.68. The Morgan fingerprint density at radius 1 is 1.29 bits per heavy atom. The fraction of sp³-hybridized carbons (Fsp3) is 1.00. The fourth-order valence-corrected chi connectivity index (χ4v) is 6.99. The lowest BCUT2D eigenvalue weighted by atomic mass is 9.72. The molecule has 0 aromatic heterocycles. The number of hydrogen-bond acceptors (Lipinski definition) is 5. The highest BCUT2D eigenvalue weighted by Crippen LogP contribution is 2.35. The molecule has 1 N–H and O–H groups in total. The molecule has 1 saturated carbocycles. The molecule has 2 rings (SSSR count). The van der Waals surface area contributed by atoms with Crippen LogP contribution in [0.5, 0.6) is 0 Å². The summed E-state index contributed by atoms with van der Waals surface area (Å²) in [5.41, 5.74) is 0. The zero-order chi connectivity index (χ0) is 15.6. The van der Waals surface area contributed by atoms with Crippen molar-refractivity contribution in [1.29, 1.82) is 0 Å². The molecular formula is C15H30N2O2S2. The van der Waals surface area contributed by atoms with Gasteiger partial charge in [-0.15, -0.1) is 0 Å². The molecule has 1 saturated heterocycles. The maximum atomic E-state index is 12.1. The quantitative estimate of drug-likeness (QED) is 0.848. The summed E-state index contributed by atoms with van der Waals surface area (Å²) in [6, 6.07) is 0.513. The van der Waals surface area contributed by atoms with Crippen molar-refractivity contribution >= 4 is 21.6 Å². The van der Waals surface area contributed by atoms with Crippen molar-refractivity contribution < 1.29 is 8.42 Å². The van der Waals surface area contributed by atoms with Crippen LogP contribution in [0.2, 0.25) is 0 Å². The van der Waals surface area contributed by atoms with Gasteiger partial charge in [0.2, 0.25) is 0 Å². The molecule has 0 radical (unpaired) electrons. The van der Waals surface area contributed by atoms with E-state index in [-0.39, 0.29) is 5.37 Å². The number of nitrogens with zero attached hydrogens (tertiary/aromatic N) is 1. The molecule has 0 aromatic rings. The second-order valence-electron chi connectivity index (χ2n) is 6.97. The molecule has 5 atom stereocenters. The highest BCUT2D eigenvalue weighted by Gasteiger charge is 2.38. The summed E-state index contributed by atoms with van der Waals surface area (Å²) in [5, 5.41) is 3.19. The first-order valence-electron chi connectivity index (χ1n) is 8.00. The largest absolute Gasteiger partial charge is 0.317 e. The molecule has 0 aromatic carbocycles. The van der Waals surface area contributed by atoms with Gasteiger partial charge in [-0.2, -0.15) is 11.8 Å². The maximum Gasteiger partial charge on any atom is 0.164 e. The van der Waals surface area contributed by atoms with Crippen LogP contribution in [0.4, 0.5) is 0 Å². The first kappa shape index (κ1) is 17.6. The first-order valence-corrected chi connectivity index (χ1v) is 11.1. The van der Waals surface area contributed by atoms with Crippen molar-refractivity contribution in [2.75, 3.05) is 37.9 Å². The lowest BCUT2D eigenvalue weighted by molar-refractivity contribution is 0.103. The molecule has 4 nitrogen and oxygen atoms in total. The Morgan fingerprint density at radius 2 is 2.00 bits per heavy atom. The van der Waals surface area contributed by atoms with E-state index in [9.17, 15) is 8.42 Å². The first-order chi connectivity index (χ1) is 9.82. The van der Waals surface area contributed by atoms with E-state index in [1.165, 1.54) is 19.1 Å². The van der Waals surface area contributed by atoms with Crippen LogP contribution in [0.1, 0.15) is 26.7 Å². The van der Waals surface area contributed by atoms with Crippen molar-refractivity contribution in [3.05, 3.63) is 0 Å². The predicted molar refractivity (Wildman–Crippen MR) is 91.4 cm³/mol. The van der Waals surface area contributed by atoms with Gasteiger partial charge in [-0.05, 0) is 37.6 Å². The van der Waals surface area contributed by atoms with Gasteiger partial charge in [0.25, 0.3) is 0 Å². The fourth-order valence-electron chi connectivity index (χ4n) is 4.04. The zero-order valence-electron chi connectivity index (χ0n) is 13.7. The van der Waals surface area contributed by atoms with Gasteiger partial charge in [0.15, 0.2) is 9.84 Å². The maximum absolute atomic E-state index is 12.1.